The standard InChI is InChI=1S/C8H16N2O/c1-7(3-9)4-10-5-8(6-10)11-2/h8H,1,3-6,9H2,2H3. The summed E-state index contributed by atoms with van der Waals surface area (Å²) in [5.74, 6) is 0. The van der Waals surface area contributed by atoms with E-state index in [-0.39, 0.29) is 0 Å². The van der Waals surface area contributed by atoms with Crippen LogP contribution >= 0.6 is 0 Å². The minimum atomic E-state index is 0.431. The summed E-state index contributed by atoms with van der Waals surface area (Å²) in [6.45, 7) is 7.40. The first-order valence-electron chi connectivity index (χ1n) is 3.88. The Morgan fingerprint density at radius 2 is 2.36 bits per heavy atom. The topological polar surface area (TPSA) is 38.5 Å². The fourth-order valence-electron chi connectivity index (χ4n) is 1.18. The Hall–Kier alpha value is -0.380. The maximum absolute atomic E-state index is 5.41. The van der Waals surface area contributed by atoms with Crippen molar-refractivity contribution in [3.05, 3.63) is 12.2 Å². The van der Waals surface area contributed by atoms with Crippen LogP contribution in [0.1, 0.15) is 0 Å². The van der Waals surface area contributed by atoms with Gasteiger partial charge in [-0.2, -0.15) is 0 Å². The molecule has 11 heavy (non-hydrogen) atoms. The third kappa shape index (κ3) is 2.29. The summed E-state index contributed by atoms with van der Waals surface area (Å²) < 4.78 is 5.13. The highest BCUT2D eigenvalue weighted by Gasteiger charge is 2.25. The molecule has 1 saturated heterocycles. The molecule has 0 saturated carbocycles. The van der Waals surface area contributed by atoms with Crippen LogP contribution in [0.2, 0.25) is 0 Å². The van der Waals surface area contributed by atoms with Gasteiger partial charge in [-0.25, -0.2) is 0 Å². The largest absolute Gasteiger partial charge is 0.379 e. The van der Waals surface area contributed by atoms with Crippen LogP contribution in [0.25, 0.3) is 0 Å². The predicted molar refractivity (Wildman–Crippen MR) is 45.4 cm³/mol. The van der Waals surface area contributed by atoms with Gasteiger partial charge in [0, 0.05) is 33.3 Å². The second-order valence-corrected chi connectivity index (χ2v) is 3.01. The van der Waals surface area contributed by atoms with E-state index >= 15 is 0 Å². The van der Waals surface area contributed by atoms with Gasteiger partial charge in [0.05, 0.1) is 6.10 Å². The van der Waals surface area contributed by atoms with E-state index in [2.05, 4.69) is 11.5 Å². The molecule has 3 heteroatoms. The van der Waals surface area contributed by atoms with E-state index < -0.39 is 0 Å². The molecule has 0 atom stereocenters. The monoisotopic (exact) mass is 156 g/mol. The molecule has 1 aliphatic rings. The third-order valence-corrected chi connectivity index (χ3v) is 1.99. The van der Waals surface area contributed by atoms with Gasteiger partial charge in [0.25, 0.3) is 0 Å². The first kappa shape index (κ1) is 8.71. The van der Waals surface area contributed by atoms with E-state index in [1.165, 1.54) is 0 Å². The molecular formula is C8H16N2O. The van der Waals surface area contributed by atoms with Gasteiger partial charge in [0.15, 0.2) is 0 Å². The second kappa shape index (κ2) is 3.85. The minimum Gasteiger partial charge on any atom is -0.379 e. The molecular weight excluding hydrogens is 140 g/mol. The Balaban J connectivity index is 2.08. The van der Waals surface area contributed by atoms with Crippen LogP contribution in [0.15, 0.2) is 12.2 Å². The Bertz CT molecular complexity index is 141. The summed E-state index contributed by atoms with van der Waals surface area (Å²) >= 11 is 0. The zero-order valence-electron chi connectivity index (χ0n) is 7.05. The van der Waals surface area contributed by atoms with E-state index in [4.69, 9.17) is 10.5 Å². The van der Waals surface area contributed by atoms with Crippen LogP contribution in [0.5, 0.6) is 0 Å². The highest BCUT2D eigenvalue weighted by molar-refractivity contribution is 5.01. The zero-order chi connectivity index (χ0) is 8.27. The Kier molecular flexibility index (Phi) is 3.05. The van der Waals surface area contributed by atoms with Crippen LogP contribution in [-0.2, 0) is 4.74 Å². The number of rotatable bonds is 4. The van der Waals surface area contributed by atoms with E-state index in [0.717, 1.165) is 25.2 Å². The van der Waals surface area contributed by atoms with Crippen molar-refractivity contribution in [2.45, 2.75) is 6.10 Å². The van der Waals surface area contributed by atoms with Crippen molar-refractivity contribution in [2.75, 3.05) is 33.3 Å². The summed E-state index contributed by atoms with van der Waals surface area (Å²) in [6, 6.07) is 0. The maximum atomic E-state index is 5.41. The highest BCUT2D eigenvalue weighted by atomic mass is 16.5. The molecule has 0 radical (unpaired) electrons. The molecule has 0 aromatic heterocycles. The molecule has 1 aliphatic heterocycles. The van der Waals surface area contributed by atoms with Crippen molar-refractivity contribution in [1.29, 1.82) is 0 Å². The van der Waals surface area contributed by atoms with Crippen LogP contribution in [0, 0.1) is 0 Å². The average Bonchev–Trinajstić information content (AvgIpc) is 1.95. The van der Waals surface area contributed by atoms with Crippen LogP contribution in [0.4, 0.5) is 0 Å². The number of hydrogen-bond donors (Lipinski definition) is 1. The first-order chi connectivity index (χ1) is 5.26. The number of hydrogen-bond acceptors (Lipinski definition) is 3. The minimum absolute atomic E-state index is 0.431. The summed E-state index contributed by atoms with van der Waals surface area (Å²) in [6.07, 6.45) is 0.431. The quantitative estimate of drug-likeness (QED) is 0.574. The smallest absolute Gasteiger partial charge is 0.0825 e. The molecule has 64 valence electrons. The average molecular weight is 156 g/mol. The van der Waals surface area contributed by atoms with Crippen molar-refractivity contribution < 1.29 is 4.74 Å². The van der Waals surface area contributed by atoms with Crippen molar-refractivity contribution in [3.63, 3.8) is 0 Å². The Morgan fingerprint density at radius 3 is 2.82 bits per heavy atom. The van der Waals surface area contributed by atoms with Gasteiger partial charge < -0.3 is 10.5 Å². The molecule has 0 amide bonds. The van der Waals surface area contributed by atoms with E-state index in [1.54, 1.807) is 7.11 Å². The molecule has 0 aliphatic carbocycles. The molecule has 0 bridgehead atoms. The first-order valence-corrected chi connectivity index (χ1v) is 3.88. The Labute approximate surface area is 67.8 Å². The van der Waals surface area contributed by atoms with Gasteiger partial charge >= 0.3 is 0 Å². The van der Waals surface area contributed by atoms with Gasteiger partial charge in [-0.15, -0.1) is 0 Å². The van der Waals surface area contributed by atoms with Crippen LogP contribution < -0.4 is 5.73 Å². The fraction of sp³-hybridized carbons (Fsp3) is 0.750. The SMILES string of the molecule is C=C(CN)CN1CC(OC)C1. The molecule has 1 heterocycles. The molecule has 0 aromatic rings. The zero-order valence-corrected chi connectivity index (χ0v) is 7.05. The van der Waals surface area contributed by atoms with Gasteiger partial charge in [0.1, 0.15) is 0 Å². The molecule has 0 aromatic carbocycles. The molecule has 0 spiro atoms. The number of likely N-dealkylation sites (tertiary alicyclic amines) is 1. The molecule has 1 fully saturated rings. The van der Waals surface area contributed by atoms with E-state index in [1.807, 2.05) is 0 Å². The van der Waals surface area contributed by atoms with Gasteiger partial charge in [-0.3, -0.25) is 4.90 Å². The van der Waals surface area contributed by atoms with Crippen molar-refractivity contribution >= 4 is 0 Å². The van der Waals surface area contributed by atoms with E-state index in [9.17, 15) is 0 Å². The summed E-state index contributed by atoms with van der Waals surface area (Å²) in [7, 11) is 1.75. The fourth-order valence-corrected chi connectivity index (χ4v) is 1.18. The summed E-state index contributed by atoms with van der Waals surface area (Å²) in [5, 5.41) is 0. The third-order valence-electron chi connectivity index (χ3n) is 1.99. The number of nitrogens with zero attached hydrogens (tertiary/aromatic N) is 1. The predicted octanol–water partition coefficient (Wildman–Crippen LogP) is -0.168. The summed E-state index contributed by atoms with van der Waals surface area (Å²) in [4.78, 5) is 2.28. The van der Waals surface area contributed by atoms with Gasteiger partial charge in [-0.05, 0) is 5.57 Å². The number of nitrogens with two attached hydrogens (primary N) is 1. The van der Waals surface area contributed by atoms with E-state index in [0.29, 0.717) is 12.6 Å². The number of methoxy groups -OCH3 is 1. The summed E-state index contributed by atoms with van der Waals surface area (Å²) in [5.41, 5.74) is 6.51. The van der Waals surface area contributed by atoms with Gasteiger partial charge in [-0.1, -0.05) is 6.58 Å². The lowest BCUT2D eigenvalue weighted by Gasteiger charge is -2.38. The van der Waals surface area contributed by atoms with Crippen molar-refractivity contribution in [1.82, 2.24) is 4.90 Å². The highest BCUT2D eigenvalue weighted by Crippen LogP contribution is 2.11. The van der Waals surface area contributed by atoms with Crippen molar-refractivity contribution in [3.8, 4) is 0 Å². The lowest BCUT2D eigenvalue weighted by atomic mass is 10.1. The lowest BCUT2D eigenvalue weighted by Crippen LogP contribution is -2.52. The second-order valence-electron chi connectivity index (χ2n) is 3.01. The molecule has 2 N–H and O–H groups in total. The van der Waals surface area contributed by atoms with Crippen LogP contribution in [-0.4, -0.2) is 44.3 Å². The molecule has 0 unspecified atom stereocenters. The molecule has 1 rings (SSSR count). The maximum Gasteiger partial charge on any atom is 0.0825 e. The normalized spacial score (nSPS) is 19.8. The van der Waals surface area contributed by atoms with Gasteiger partial charge in [0.2, 0.25) is 0 Å². The molecule has 3 nitrogen and oxygen atoms in total. The number of ether oxygens (including phenoxy) is 1. The lowest BCUT2D eigenvalue weighted by molar-refractivity contribution is -0.0245. The van der Waals surface area contributed by atoms with Crippen LogP contribution in [0.3, 0.4) is 0 Å². The Morgan fingerprint density at radius 1 is 1.73 bits per heavy atom. The van der Waals surface area contributed by atoms with Crippen molar-refractivity contribution in [2.24, 2.45) is 5.73 Å².